The van der Waals surface area contributed by atoms with Gasteiger partial charge in [-0.2, -0.15) is 0 Å². The van der Waals surface area contributed by atoms with Crippen LogP contribution in [0.3, 0.4) is 0 Å². The lowest BCUT2D eigenvalue weighted by Crippen LogP contribution is -2.25. The van der Waals surface area contributed by atoms with Gasteiger partial charge in [-0.05, 0) is 40.9 Å². The normalized spacial score (nSPS) is 21.9. The molecule has 1 atom stereocenters. The van der Waals surface area contributed by atoms with Gasteiger partial charge >= 0.3 is 0 Å². The Bertz CT molecular complexity index is 295. The molecule has 0 unspecified atom stereocenters. The van der Waals surface area contributed by atoms with Crippen LogP contribution >= 0.6 is 15.9 Å². The van der Waals surface area contributed by atoms with Gasteiger partial charge in [0, 0.05) is 6.42 Å². The minimum atomic E-state index is -0.0672. The summed E-state index contributed by atoms with van der Waals surface area (Å²) < 4.78 is 12.2. The van der Waals surface area contributed by atoms with Crippen LogP contribution in [-0.4, -0.2) is 12.9 Å². The minimum Gasteiger partial charge on any atom is -0.464 e. The highest BCUT2D eigenvalue weighted by Crippen LogP contribution is 2.26. The van der Waals surface area contributed by atoms with Gasteiger partial charge < -0.3 is 9.47 Å². The van der Waals surface area contributed by atoms with Gasteiger partial charge in [-0.15, -0.1) is 0 Å². The molecule has 1 aromatic carbocycles. The maximum atomic E-state index is 5.72. The second kappa shape index (κ2) is 4.80. The summed E-state index contributed by atoms with van der Waals surface area (Å²) in [5.41, 5.74) is 0. The van der Waals surface area contributed by atoms with E-state index in [1.54, 1.807) is 0 Å². The molecule has 0 bridgehead atoms. The Kier molecular flexibility index (Phi) is 3.43. The lowest BCUT2D eigenvalue weighted by molar-refractivity contribution is -0.106. The van der Waals surface area contributed by atoms with E-state index in [-0.39, 0.29) is 6.29 Å². The van der Waals surface area contributed by atoms with E-state index >= 15 is 0 Å². The Labute approximate surface area is 92.3 Å². The van der Waals surface area contributed by atoms with Crippen molar-refractivity contribution in [3.63, 3.8) is 0 Å². The molecule has 1 heterocycles. The molecule has 0 saturated carbocycles. The first kappa shape index (κ1) is 9.99. The molecule has 1 fully saturated rings. The molecule has 1 aromatic rings. The Morgan fingerprint density at radius 3 is 2.86 bits per heavy atom. The van der Waals surface area contributed by atoms with Crippen molar-refractivity contribution in [2.45, 2.75) is 25.6 Å². The number of halogens is 1. The summed E-state index contributed by atoms with van der Waals surface area (Å²) in [6.07, 6.45) is 3.26. The quantitative estimate of drug-likeness (QED) is 0.808. The Hall–Kier alpha value is -0.540. The summed E-state index contributed by atoms with van der Waals surface area (Å²) >= 11 is 3.44. The highest BCUT2D eigenvalue weighted by molar-refractivity contribution is 9.10. The molecule has 0 radical (unpaired) electrons. The highest BCUT2D eigenvalue weighted by atomic mass is 79.9. The molecule has 14 heavy (non-hydrogen) atoms. The second-order valence-corrected chi connectivity index (χ2v) is 4.20. The van der Waals surface area contributed by atoms with E-state index in [4.69, 9.17) is 9.47 Å². The van der Waals surface area contributed by atoms with Gasteiger partial charge in [-0.1, -0.05) is 12.1 Å². The third-order valence-corrected chi connectivity index (χ3v) is 2.89. The molecule has 1 aliphatic heterocycles. The first-order valence-electron chi connectivity index (χ1n) is 4.89. The fourth-order valence-corrected chi connectivity index (χ4v) is 1.86. The fraction of sp³-hybridized carbons (Fsp3) is 0.455. The molecule has 3 heteroatoms. The number of hydrogen-bond donors (Lipinski definition) is 0. The van der Waals surface area contributed by atoms with E-state index in [0.29, 0.717) is 0 Å². The van der Waals surface area contributed by atoms with Gasteiger partial charge in [0.1, 0.15) is 5.75 Å². The monoisotopic (exact) mass is 256 g/mol. The SMILES string of the molecule is Brc1ccccc1O[C@H]1CCCCO1. The van der Waals surface area contributed by atoms with Crippen LogP contribution < -0.4 is 4.74 Å². The van der Waals surface area contributed by atoms with Crippen LogP contribution in [-0.2, 0) is 4.74 Å². The number of hydrogen-bond acceptors (Lipinski definition) is 2. The third-order valence-electron chi connectivity index (χ3n) is 2.23. The first-order chi connectivity index (χ1) is 6.86. The maximum Gasteiger partial charge on any atom is 0.199 e. The van der Waals surface area contributed by atoms with Crippen molar-refractivity contribution in [1.29, 1.82) is 0 Å². The summed E-state index contributed by atoms with van der Waals surface area (Å²) in [7, 11) is 0. The maximum absolute atomic E-state index is 5.72. The van der Waals surface area contributed by atoms with Crippen molar-refractivity contribution < 1.29 is 9.47 Å². The Morgan fingerprint density at radius 1 is 1.29 bits per heavy atom. The van der Waals surface area contributed by atoms with Crippen molar-refractivity contribution >= 4 is 15.9 Å². The van der Waals surface area contributed by atoms with E-state index in [1.807, 2.05) is 24.3 Å². The predicted molar refractivity (Wildman–Crippen MR) is 58.4 cm³/mol. The number of ether oxygens (including phenoxy) is 2. The molecule has 2 rings (SSSR count). The van der Waals surface area contributed by atoms with Crippen molar-refractivity contribution in [3.05, 3.63) is 28.7 Å². The van der Waals surface area contributed by atoms with Crippen molar-refractivity contribution in [3.8, 4) is 5.75 Å². The zero-order valence-electron chi connectivity index (χ0n) is 7.91. The lowest BCUT2D eigenvalue weighted by atomic mass is 10.2. The fourth-order valence-electron chi connectivity index (χ4n) is 1.49. The molecule has 0 aliphatic carbocycles. The van der Waals surface area contributed by atoms with Gasteiger partial charge in [0.15, 0.2) is 6.29 Å². The highest BCUT2D eigenvalue weighted by Gasteiger charge is 2.15. The first-order valence-corrected chi connectivity index (χ1v) is 5.68. The van der Waals surface area contributed by atoms with Crippen LogP contribution in [0.25, 0.3) is 0 Å². The number of para-hydroxylation sites is 1. The van der Waals surface area contributed by atoms with Gasteiger partial charge in [0.2, 0.25) is 0 Å². The molecule has 76 valence electrons. The van der Waals surface area contributed by atoms with E-state index in [0.717, 1.165) is 29.7 Å². The summed E-state index contributed by atoms with van der Waals surface area (Å²) in [5, 5.41) is 0. The summed E-state index contributed by atoms with van der Waals surface area (Å²) in [6.45, 7) is 0.815. The van der Waals surface area contributed by atoms with Crippen LogP contribution in [0.2, 0.25) is 0 Å². The van der Waals surface area contributed by atoms with Crippen LogP contribution in [0, 0.1) is 0 Å². The smallest absolute Gasteiger partial charge is 0.199 e. The van der Waals surface area contributed by atoms with Crippen molar-refractivity contribution in [1.82, 2.24) is 0 Å². The zero-order chi connectivity index (χ0) is 9.80. The van der Waals surface area contributed by atoms with E-state index in [2.05, 4.69) is 15.9 Å². The van der Waals surface area contributed by atoms with E-state index in [9.17, 15) is 0 Å². The van der Waals surface area contributed by atoms with E-state index in [1.165, 1.54) is 6.42 Å². The van der Waals surface area contributed by atoms with E-state index < -0.39 is 0 Å². The zero-order valence-corrected chi connectivity index (χ0v) is 9.50. The Morgan fingerprint density at radius 2 is 2.14 bits per heavy atom. The molecule has 1 aliphatic rings. The van der Waals surface area contributed by atoms with Crippen molar-refractivity contribution in [2.24, 2.45) is 0 Å². The standard InChI is InChI=1S/C11H13BrO2/c12-9-5-1-2-6-10(9)14-11-7-3-4-8-13-11/h1-2,5-6,11H,3-4,7-8H2/t11-/m0/s1. The molecular formula is C11H13BrO2. The lowest BCUT2D eigenvalue weighted by Gasteiger charge is -2.23. The molecule has 0 N–H and O–H groups in total. The Balaban J connectivity index is 1.99. The molecule has 2 nitrogen and oxygen atoms in total. The molecule has 0 amide bonds. The van der Waals surface area contributed by atoms with Gasteiger partial charge in [-0.25, -0.2) is 0 Å². The van der Waals surface area contributed by atoms with Gasteiger partial charge in [-0.3, -0.25) is 0 Å². The average molecular weight is 257 g/mol. The van der Waals surface area contributed by atoms with Crippen molar-refractivity contribution in [2.75, 3.05) is 6.61 Å². The van der Waals surface area contributed by atoms with Gasteiger partial charge in [0.05, 0.1) is 11.1 Å². The summed E-state index contributed by atoms with van der Waals surface area (Å²) in [6, 6.07) is 7.85. The average Bonchev–Trinajstić information content (AvgIpc) is 2.23. The number of rotatable bonds is 2. The molecule has 0 spiro atoms. The van der Waals surface area contributed by atoms with Crippen LogP contribution in [0.15, 0.2) is 28.7 Å². The molecular weight excluding hydrogens is 244 g/mol. The molecule has 0 aromatic heterocycles. The largest absolute Gasteiger partial charge is 0.464 e. The number of benzene rings is 1. The molecule has 1 saturated heterocycles. The summed E-state index contributed by atoms with van der Waals surface area (Å²) in [4.78, 5) is 0. The predicted octanol–water partition coefficient (Wildman–Crippen LogP) is 3.35. The minimum absolute atomic E-state index is 0.0672. The summed E-state index contributed by atoms with van der Waals surface area (Å²) in [5.74, 6) is 0.861. The third kappa shape index (κ3) is 2.49. The topological polar surface area (TPSA) is 18.5 Å². The van der Waals surface area contributed by atoms with Crippen LogP contribution in [0.1, 0.15) is 19.3 Å². The van der Waals surface area contributed by atoms with Crippen LogP contribution in [0.4, 0.5) is 0 Å². The second-order valence-electron chi connectivity index (χ2n) is 3.34. The van der Waals surface area contributed by atoms with Crippen LogP contribution in [0.5, 0.6) is 5.75 Å². The van der Waals surface area contributed by atoms with Gasteiger partial charge in [0.25, 0.3) is 0 Å².